The zero-order valence-corrected chi connectivity index (χ0v) is 19.0. The van der Waals surface area contributed by atoms with Crippen molar-refractivity contribution in [3.8, 4) is 0 Å². The molecule has 1 amide bonds. The van der Waals surface area contributed by atoms with Crippen molar-refractivity contribution in [2.24, 2.45) is 0 Å². The van der Waals surface area contributed by atoms with Crippen molar-refractivity contribution in [2.75, 3.05) is 17.9 Å². The summed E-state index contributed by atoms with van der Waals surface area (Å²) in [5, 5.41) is 33.0. The van der Waals surface area contributed by atoms with Crippen molar-refractivity contribution in [3.63, 3.8) is 0 Å². The second kappa shape index (κ2) is 14.7. The molecule has 1 rings (SSSR count). The van der Waals surface area contributed by atoms with Crippen molar-refractivity contribution < 1.29 is 34.4 Å². The fraction of sp³-hybridized carbons (Fsp3) is 0.600. The van der Waals surface area contributed by atoms with Gasteiger partial charge in [-0.2, -0.15) is 11.8 Å². The number of carbonyl (C=O) groups is 2. The molecule has 4 N–H and O–H groups in total. The first kappa shape index (κ1) is 26.7. The zero-order valence-electron chi connectivity index (χ0n) is 17.4. The van der Waals surface area contributed by atoms with Gasteiger partial charge in [0.2, 0.25) is 5.91 Å². The fourth-order valence-electron chi connectivity index (χ4n) is 2.65. The Balaban J connectivity index is 2.91. The fourth-order valence-corrected chi connectivity index (χ4v) is 4.17. The molecule has 0 radical (unpaired) electrons. The lowest BCUT2D eigenvalue weighted by Crippen LogP contribution is -2.55. The number of benzene rings is 1. The maximum atomic E-state index is 12.4. The van der Waals surface area contributed by atoms with Crippen molar-refractivity contribution in [2.45, 2.75) is 56.7 Å². The van der Waals surface area contributed by atoms with E-state index in [1.54, 1.807) is 18.7 Å². The van der Waals surface area contributed by atoms with E-state index in [0.717, 1.165) is 10.6 Å². The van der Waals surface area contributed by atoms with Crippen LogP contribution in [0.1, 0.15) is 25.8 Å². The summed E-state index contributed by atoms with van der Waals surface area (Å²) in [6.45, 7) is 2.42. The Labute approximate surface area is 185 Å². The Morgan fingerprint density at radius 3 is 2.43 bits per heavy atom. The van der Waals surface area contributed by atoms with Gasteiger partial charge in [-0.3, -0.25) is 9.59 Å². The number of hydrogen-bond donors (Lipinski definition) is 4. The van der Waals surface area contributed by atoms with Crippen LogP contribution in [-0.2, 0) is 25.7 Å². The van der Waals surface area contributed by atoms with Gasteiger partial charge < -0.3 is 30.1 Å². The van der Waals surface area contributed by atoms with E-state index in [1.165, 1.54) is 18.7 Å². The third kappa shape index (κ3) is 10.1. The summed E-state index contributed by atoms with van der Waals surface area (Å²) in [7, 11) is 0. The predicted molar refractivity (Wildman–Crippen MR) is 118 cm³/mol. The molecule has 0 aliphatic carbocycles. The van der Waals surface area contributed by atoms with E-state index in [2.05, 4.69) is 5.32 Å². The minimum atomic E-state index is -1.52. The number of amides is 1. The molecule has 0 heterocycles. The maximum absolute atomic E-state index is 12.4. The van der Waals surface area contributed by atoms with E-state index >= 15 is 0 Å². The topological polar surface area (TPSA) is 125 Å². The first-order valence-corrected chi connectivity index (χ1v) is 11.9. The second-order valence-electron chi connectivity index (χ2n) is 6.64. The molecule has 30 heavy (non-hydrogen) atoms. The standard InChI is InChI=1S/C20H31NO7S2/c1-13(23)21-16(9-18(25)27-11-15-7-5-4-6-8-15)20(19(26)17(24)10-22)28-14(2)30-12-29-3/h4-8,14,16-17,19-20,22,24,26H,9-12H2,1-3H3,(H,21,23)/t14?,16?,17?,19-,20?/m0/s1. The normalized spacial score (nSPS) is 16.2. The number of carbonyl (C=O) groups excluding carboxylic acids is 2. The zero-order chi connectivity index (χ0) is 22.5. The van der Waals surface area contributed by atoms with E-state index in [0.29, 0.717) is 0 Å². The average Bonchev–Trinajstić information content (AvgIpc) is 2.73. The number of rotatable bonds is 14. The molecular formula is C20H31NO7S2. The number of hydrogen-bond acceptors (Lipinski definition) is 9. The van der Waals surface area contributed by atoms with Crippen molar-refractivity contribution in [1.82, 2.24) is 5.32 Å². The Morgan fingerprint density at radius 2 is 1.87 bits per heavy atom. The molecule has 10 heteroatoms. The number of aliphatic hydroxyl groups excluding tert-OH is 3. The van der Waals surface area contributed by atoms with Crippen molar-refractivity contribution >= 4 is 35.4 Å². The van der Waals surface area contributed by atoms with Gasteiger partial charge in [-0.1, -0.05) is 30.3 Å². The number of nitrogens with one attached hydrogen (secondary N) is 1. The van der Waals surface area contributed by atoms with Crippen LogP contribution in [0.4, 0.5) is 0 Å². The highest BCUT2D eigenvalue weighted by Crippen LogP contribution is 2.23. The highest BCUT2D eigenvalue weighted by atomic mass is 32.2. The molecule has 170 valence electrons. The van der Waals surface area contributed by atoms with Crippen LogP contribution in [0.15, 0.2) is 30.3 Å². The molecule has 1 aromatic rings. The molecular weight excluding hydrogens is 430 g/mol. The molecule has 4 unspecified atom stereocenters. The molecule has 1 aromatic carbocycles. The van der Waals surface area contributed by atoms with E-state index in [9.17, 15) is 24.9 Å². The molecule has 0 bridgehead atoms. The highest BCUT2D eigenvalue weighted by molar-refractivity contribution is 8.15. The summed E-state index contributed by atoms with van der Waals surface area (Å²) in [6, 6.07) is 8.18. The van der Waals surface area contributed by atoms with Gasteiger partial charge in [0, 0.05) is 12.0 Å². The lowest BCUT2D eigenvalue weighted by Gasteiger charge is -2.34. The Hall–Kier alpha value is -1.30. The quantitative estimate of drug-likeness (QED) is 0.238. The van der Waals surface area contributed by atoms with Gasteiger partial charge in [-0.25, -0.2) is 0 Å². The van der Waals surface area contributed by atoms with E-state index < -0.39 is 42.8 Å². The minimum absolute atomic E-state index is 0.0692. The molecule has 5 atom stereocenters. The number of esters is 1. The van der Waals surface area contributed by atoms with Gasteiger partial charge in [0.25, 0.3) is 0 Å². The first-order valence-electron chi connectivity index (χ1n) is 9.48. The van der Waals surface area contributed by atoms with Gasteiger partial charge in [0.15, 0.2) is 0 Å². The maximum Gasteiger partial charge on any atom is 0.308 e. The minimum Gasteiger partial charge on any atom is -0.461 e. The van der Waals surface area contributed by atoms with Crippen LogP contribution < -0.4 is 5.32 Å². The van der Waals surface area contributed by atoms with Crippen LogP contribution in [0.5, 0.6) is 0 Å². The molecule has 0 aliphatic heterocycles. The molecule has 8 nitrogen and oxygen atoms in total. The summed E-state index contributed by atoms with van der Waals surface area (Å²) in [6.07, 6.45) is -2.49. The lowest BCUT2D eigenvalue weighted by atomic mass is 9.98. The molecule has 0 saturated heterocycles. The van der Waals surface area contributed by atoms with Crippen LogP contribution in [0.2, 0.25) is 0 Å². The third-order valence-corrected chi connectivity index (χ3v) is 6.17. The van der Waals surface area contributed by atoms with Gasteiger partial charge in [-0.05, 0) is 18.7 Å². The van der Waals surface area contributed by atoms with E-state index in [-0.39, 0.29) is 18.5 Å². The largest absolute Gasteiger partial charge is 0.461 e. The molecule has 0 fully saturated rings. The monoisotopic (exact) mass is 461 g/mol. The predicted octanol–water partition coefficient (Wildman–Crippen LogP) is 1.12. The summed E-state index contributed by atoms with van der Waals surface area (Å²) in [5.41, 5.74) is 0.423. The molecule has 0 spiro atoms. The smallest absolute Gasteiger partial charge is 0.308 e. The number of ether oxygens (including phenoxy) is 2. The Morgan fingerprint density at radius 1 is 1.20 bits per heavy atom. The van der Waals surface area contributed by atoms with E-state index in [4.69, 9.17) is 9.47 Å². The van der Waals surface area contributed by atoms with Crippen LogP contribution in [-0.4, -0.2) is 74.9 Å². The van der Waals surface area contributed by atoms with Crippen LogP contribution >= 0.6 is 23.5 Å². The SMILES string of the molecule is CSCSC(C)OC(C(CC(=O)OCc1ccccc1)NC(C)=O)[C@@H](O)C(O)CO. The average molecular weight is 462 g/mol. The summed E-state index contributed by atoms with van der Waals surface area (Å²) in [5.74, 6) is -1.03. The van der Waals surface area contributed by atoms with Gasteiger partial charge in [0.1, 0.15) is 30.4 Å². The van der Waals surface area contributed by atoms with Crippen LogP contribution in [0.25, 0.3) is 0 Å². The Kier molecular flexibility index (Phi) is 13.1. The van der Waals surface area contributed by atoms with Gasteiger partial charge in [0.05, 0.1) is 19.1 Å². The summed E-state index contributed by atoms with van der Waals surface area (Å²) < 4.78 is 11.1. The summed E-state index contributed by atoms with van der Waals surface area (Å²) >= 11 is 3.06. The summed E-state index contributed by atoms with van der Waals surface area (Å²) in [4.78, 5) is 24.1. The van der Waals surface area contributed by atoms with Crippen LogP contribution in [0.3, 0.4) is 0 Å². The lowest BCUT2D eigenvalue weighted by molar-refractivity contribution is -0.151. The first-order chi connectivity index (χ1) is 14.3. The highest BCUT2D eigenvalue weighted by Gasteiger charge is 2.37. The van der Waals surface area contributed by atoms with Gasteiger partial charge in [-0.15, -0.1) is 11.8 Å². The second-order valence-corrected chi connectivity index (χ2v) is 9.16. The van der Waals surface area contributed by atoms with Crippen LogP contribution in [0, 0.1) is 0 Å². The number of thioether (sulfide) groups is 2. The molecule has 0 aliphatic rings. The van der Waals surface area contributed by atoms with Gasteiger partial charge >= 0.3 is 5.97 Å². The molecule has 0 aromatic heterocycles. The van der Waals surface area contributed by atoms with Crippen molar-refractivity contribution in [1.29, 1.82) is 0 Å². The number of aliphatic hydroxyl groups is 3. The van der Waals surface area contributed by atoms with Crippen molar-refractivity contribution in [3.05, 3.63) is 35.9 Å². The molecule has 0 saturated carbocycles. The van der Waals surface area contributed by atoms with E-state index in [1.807, 2.05) is 36.6 Å². The Bertz CT molecular complexity index is 635. The third-order valence-electron chi connectivity index (χ3n) is 4.10.